The van der Waals surface area contributed by atoms with Gasteiger partial charge >= 0.3 is 0 Å². The molecule has 0 bridgehead atoms. The molecule has 4 nitrogen and oxygen atoms in total. The Bertz CT molecular complexity index is 867. The summed E-state index contributed by atoms with van der Waals surface area (Å²) < 4.78 is 6.22. The first kappa shape index (κ1) is 18.3. The summed E-state index contributed by atoms with van der Waals surface area (Å²) >= 11 is 9.25. The predicted octanol–water partition coefficient (Wildman–Crippen LogP) is 5.19. The van der Waals surface area contributed by atoms with Gasteiger partial charge in [-0.1, -0.05) is 29.8 Å². The number of hydrogen-bond acceptors (Lipinski definition) is 4. The van der Waals surface area contributed by atoms with Crippen LogP contribution in [-0.4, -0.2) is 23.2 Å². The van der Waals surface area contributed by atoms with Crippen LogP contribution in [0.25, 0.3) is 6.08 Å². The second kappa shape index (κ2) is 7.80. The highest BCUT2D eigenvalue weighted by Crippen LogP contribution is 2.34. The van der Waals surface area contributed by atoms with Crippen LogP contribution in [0.2, 0.25) is 5.02 Å². The van der Waals surface area contributed by atoms with E-state index in [1.807, 2.05) is 24.3 Å². The lowest BCUT2D eigenvalue weighted by atomic mass is 10.2. The Morgan fingerprint density at radius 1 is 1.20 bits per heavy atom. The van der Waals surface area contributed by atoms with Crippen molar-refractivity contribution in [3.63, 3.8) is 0 Å². The van der Waals surface area contributed by atoms with E-state index in [0.717, 1.165) is 26.5 Å². The molecule has 2 aromatic rings. The third-order valence-corrected chi connectivity index (χ3v) is 5.52. The molecule has 2 amide bonds. The zero-order valence-electron chi connectivity index (χ0n) is 13.2. The number of ether oxygens (including phenoxy) is 1. The van der Waals surface area contributed by atoms with E-state index in [1.165, 1.54) is 12.0 Å². The first-order valence-corrected chi connectivity index (χ1v) is 9.58. The number of carbonyl (C=O) groups is 2. The number of benzene rings is 2. The summed E-state index contributed by atoms with van der Waals surface area (Å²) in [5, 5.41) is 0.184. The van der Waals surface area contributed by atoms with E-state index in [1.54, 1.807) is 24.3 Å². The molecule has 25 heavy (non-hydrogen) atoms. The summed E-state index contributed by atoms with van der Waals surface area (Å²) in [5.74, 6) is 0.270. The Morgan fingerprint density at radius 2 is 1.92 bits per heavy atom. The quantitative estimate of drug-likeness (QED) is 0.442. The fourth-order valence-electron chi connectivity index (χ4n) is 2.33. The number of nitrogens with zero attached hydrogens (tertiary/aromatic N) is 1. The zero-order valence-corrected chi connectivity index (χ0v) is 16.9. The molecule has 0 aliphatic carbocycles. The van der Waals surface area contributed by atoms with E-state index in [0.29, 0.717) is 15.7 Å². The number of methoxy groups -OCH3 is 1. The van der Waals surface area contributed by atoms with Crippen LogP contribution >= 0.6 is 46.0 Å². The highest BCUT2D eigenvalue weighted by molar-refractivity contribution is 14.1. The van der Waals surface area contributed by atoms with Gasteiger partial charge in [0.05, 0.1) is 23.6 Å². The van der Waals surface area contributed by atoms with Crippen molar-refractivity contribution in [2.24, 2.45) is 0 Å². The molecule has 0 spiro atoms. The van der Waals surface area contributed by atoms with Crippen LogP contribution in [0.15, 0.2) is 47.4 Å². The molecule has 1 aliphatic rings. The fourth-order valence-corrected chi connectivity index (χ4v) is 3.80. The lowest BCUT2D eigenvalue weighted by molar-refractivity contribution is -0.123. The van der Waals surface area contributed by atoms with E-state index in [-0.39, 0.29) is 17.7 Å². The second-order valence-electron chi connectivity index (χ2n) is 5.29. The molecule has 1 heterocycles. The summed E-state index contributed by atoms with van der Waals surface area (Å²) in [6.07, 6.45) is 1.67. The molecule has 0 aromatic heterocycles. The molecule has 0 atom stereocenters. The normalized spacial score (nSPS) is 16.0. The van der Waals surface area contributed by atoms with Crippen LogP contribution in [0.4, 0.5) is 4.79 Å². The average molecular weight is 486 g/mol. The van der Waals surface area contributed by atoms with Gasteiger partial charge in [-0.25, -0.2) is 0 Å². The molecular weight excluding hydrogens is 473 g/mol. The molecule has 1 aliphatic heterocycles. The Labute approximate surface area is 168 Å². The average Bonchev–Trinajstić information content (AvgIpc) is 2.84. The van der Waals surface area contributed by atoms with Crippen molar-refractivity contribution in [1.29, 1.82) is 0 Å². The van der Waals surface area contributed by atoms with Gasteiger partial charge in [-0.3, -0.25) is 14.5 Å². The van der Waals surface area contributed by atoms with Crippen LogP contribution in [0, 0.1) is 3.57 Å². The minimum Gasteiger partial charge on any atom is -0.495 e. The van der Waals surface area contributed by atoms with E-state index in [4.69, 9.17) is 16.3 Å². The predicted molar refractivity (Wildman–Crippen MR) is 109 cm³/mol. The van der Waals surface area contributed by atoms with Crippen molar-refractivity contribution < 1.29 is 14.3 Å². The number of hydrogen-bond donors (Lipinski definition) is 0. The van der Waals surface area contributed by atoms with Crippen LogP contribution in [0.1, 0.15) is 11.1 Å². The Kier molecular flexibility index (Phi) is 5.71. The fraction of sp³-hybridized carbons (Fsp3) is 0.111. The molecule has 2 aromatic carbocycles. The third kappa shape index (κ3) is 4.19. The van der Waals surface area contributed by atoms with Crippen molar-refractivity contribution in [1.82, 2.24) is 4.90 Å². The highest BCUT2D eigenvalue weighted by atomic mass is 127. The van der Waals surface area contributed by atoms with Crippen molar-refractivity contribution in [3.8, 4) is 5.75 Å². The molecule has 0 unspecified atom stereocenters. The standard InChI is InChI=1S/C18H13ClINO3S/c1-24-15-7-4-12(8-14(15)19)9-16-17(22)21(18(23)25-16)10-11-2-5-13(20)6-3-11/h2-9H,10H2,1H3/b16-9-. The minimum absolute atomic E-state index is 0.266. The monoisotopic (exact) mass is 485 g/mol. The van der Waals surface area contributed by atoms with Gasteiger partial charge in [0.15, 0.2) is 0 Å². The molecule has 7 heteroatoms. The van der Waals surface area contributed by atoms with E-state index in [9.17, 15) is 9.59 Å². The Hall–Kier alpha value is -1.51. The molecular formula is C18H13ClINO3S. The molecule has 0 N–H and O–H groups in total. The first-order chi connectivity index (χ1) is 12.0. The number of thioether (sulfide) groups is 1. The zero-order chi connectivity index (χ0) is 18.0. The van der Waals surface area contributed by atoms with Crippen molar-refractivity contribution in [2.75, 3.05) is 7.11 Å². The van der Waals surface area contributed by atoms with Gasteiger partial charge in [0.1, 0.15) is 5.75 Å². The van der Waals surface area contributed by atoms with Crippen LogP contribution < -0.4 is 4.74 Å². The van der Waals surface area contributed by atoms with Gasteiger partial charge in [0.25, 0.3) is 11.1 Å². The number of halogens is 2. The largest absolute Gasteiger partial charge is 0.495 e. The van der Waals surface area contributed by atoms with Gasteiger partial charge in [-0.2, -0.15) is 0 Å². The van der Waals surface area contributed by atoms with E-state index < -0.39 is 0 Å². The molecule has 128 valence electrons. The van der Waals surface area contributed by atoms with Crippen molar-refractivity contribution in [3.05, 3.63) is 67.1 Å². The van der Waals surface area contributed by atoms with E-state index >= 15 is 0 Å². The summed E-state index contributed by atoms with van der Waals surface area (Å²) in [7, 11) is 1.54. The van der Waals surface area contributed by atoms with Crippen LogP contribution in [-0.2, 0) is 11.3 Å². The lowest BCUT2D eigenvalue weighted by Gasteiger charge is -2.12. The number of rotatable bonds is 4. The number of amides is 2. The van der Waals surface area contributed by atoms with Crippen molar-refractivity contribution >= 4 is 63.2 Å². The maximum Gasteiger partial charge on any atom is 0.293 e. The Balaban J connectivity index is 1.80. The first-order valence-electron chi connectivity index (χ1n) is 7.31. The maximum atomic E-state index is 12.6. The summed E-state index contributed by atoms with van der Waals surface area (Å²) in [6.45, 7) is 0.266. The SMILES string of the molecule is COc1ccc(/C=C2\SC(=O)N(Cc3ccc(I)cc3)C2=O)cc1Cl. The van der Waals surface area contributed by atoms with Gasteiger partial charge in [-0.15, -0.1) is 0 Å². The highest BCUT2D eigenvalue weighted by Gasteiger charge is 2.34. The molecule has 3 rings (SSSR count). The second-order valence-corrected chi connectivity index (χ2v) is 7.93. The van der Waals surface area contributed by atoms with Crippen LogP contribution in [0.3, 0.4) is 0 Å². The lowest BCUT2D eigenvalue weighted by Crippen LogP contribution is -2.27. The van der Waals surface area contributed by atoms with E-state index in [2.05, 4.69) is 22.6 Å². The topological polar surface area (TPSA) is 46.6 Å². The number of carbonyl (C=O) groups excluding carboxylic acids is 2. The summed E-state index contributed by atoms with van der Waals surface area (Å²) in [5.41, 5.74) is 1.65. The van der Waals surface area contributed by atoms with Gasteiger partial charge in [-0.05, 0) is 75.8 Å². The summed E-state index contributed by atoms with van der Waals surface area (Å²) in [4.78, 5) is 26.4. The molecule has 0 saturated carbocycles. The molecule has 1 fully saturated rings. The number of imide groups is 1. The minimum atomic E-state index is -0.291. The van der Waals surface area contributed by atoms with Gasteiger partial charge in [0.2, 0.25) is 0 Å². The molecule has 1 saturated heterocycles. The maximum absolute atomic E-state index is 12.6. The molecule has 0 radical (unpaired) electrons. The smallest absolute Gasteiger partial charge is 0.293 e. The third-order valence-electron chi connectivity index (χ3n) is 3.60. The van der Waals surface area contributed by atoms with Crippen LogP contribution in [0.5, 0.6) is 5.75 Å². The van der Waals surface area contributed by atoms with Crippen molar-refractivity contribution in [2.45, 2.75) is 6.54 Å². The summed E-state index contributed by atoms with van der Waals surface area (Å²) in [6, 6.07) is 12.9. The van der Waals surface area contributed by atoms with Gasteiger partial charge in [0, 0.05) is 3.57 Å². The van der Waals surface area contributed by atoms with Gasteiger partial charge < -0.3 is 4.74 Å². The Morgan fingerprint density at radius 3 is 2.56 bits per heavy atom.